The monoisotopic (exact) mass is 422 g/mol. The first-order valence-electron chi connectivity index (χ1n) is 9.16. The Balaban J connectivity index is 1.71. The van der Waals surface area contributed by atoms with Crippen LogP contribution in [0, 0.1) is 6.92 Å². The first-order chi connectivity index (χ1) is 13.4. The molecule has 1 heterocycles. The molecule has 1 saturated heterocycles. The maximum absolute atomic E-state index is 12.8. The number of anilines is 1. The van der Waals surface area contributed by atoms with Gasteiger partial charge in [0.25, 0.3) is 5.91 Å². The highest BCUT2D eigenvalue weighted by atomic mass is 35.5. The third-order valence-electron chi connectivity index (χ3n) is 4.62. The minimum absolute atomic E-state index is 0.119. The molecule has 0 bridgehead atoms. The van der Waals surface area contributed by atoms with Crippen molar-refractivity contribution in [1.29, 1.82) is 0 Å². The van der Waals surface area contributed by atoms with Gasteiger partial charge in [0, 0.05) is 13.1 Å². The molecule has 1 aliphatic heterocycles. The van der Waals surface area contributed by atoms with Gasteiger partial charge < -0.3 is 10.1 Å². The van der Waals surface area contributed by atoms with Gasteiger partial charge in [-0.15, -0.1) is 0 Å². The summed E-state index contributed by atoms with van der Waals surface area (Å²) < 4.78 is 32.7. The van der Waals surface area contributed by atoms with E-state index in [2.05, 4.69) is 5.32 Å². The number of nitrogens with zero attached hydrogens (tertiary/aromatic N) is 1. The molecule has 0 aliphatic carbocycles. The summed E-state index contributed by atoms with van der Waals surface area (Å²) in [4.78, 5) is 12.4. The van der Waals surface area contributed by atoms with Crippen molar-refractivity contribution in [2.24, 2.45) is 0 Å². The number of ether oxygens (including phenoxy) is 1. The van der Waals surface area contributed by atoms with Gasteiger partial charge in [-0.05, 0) is 49.6 Å². The SMILES string of the molecule is Cc1ccccc1OCC(=O)Nc1cc(S(=O)(=O)N2CCCCC2)ccc1Cl. The Kier molecular flexibility index (Phi) is 6.59. The molecule has 0 unspecified atom stereocenters. The lowest BCUT2D eigenvalue weighted by Crippen LogP contribution is -2.35. The van der Waals surface area contributed by atoms with Crippen LogP contribution in [-0.4, -0.2) is 38.3 Å². The average molecular weight is 423 g/mol. The third kappa shape index (κ3) is 4.84. The van der Waals surface area contributed by atoms with Crippen LogP contribution in [-0.2, 0) is 14.8 Å². The van der Waals surface area contributed by atoms with Gasteiger partial charge in [-0.3, -0.25) is 4.79 Å². The zero-order chi connectivity index (χ0) is 20.1. The standard InChI is InChI=1S/C20H23ClN2O4S/c1-15-7-3-4-8-19(15)27-14-20(24)22-18-13-16(9-10-17(18)21)28(25,26)23-11-5-2-6-12-23/h3-4,7-10,13H,2,5-6,11-12,14H2,1H3,(H,22,24). The first-order valence-corrected chi connectivity index (χ1v) is 11.0. The maximum atomic E-state index is 12.8. The van der Waals surface area contributed by atoms with E-state index in [0.717, 1.165) is 24.8 Å². The van der Waals surface area contributed by atoms with Crippen molar-refractivity contribution in [1.82, 2.24) is 4.31 Å². The number of sulfonamides is 1. The molecule has 1 aliphatic rings. The van der Waals surface area contributed by atoms with Crippen LogP contribution in [0.15, 0.2) is 47.4 Å². The fourth-order valence-electron chi connectivity index (χ4n) is 3.06. The first kappa shape index (κ1) is 20.6. The van der Waals surface area contributed by atoms with Gasteiger partial charge in [-0.25, -0.2) is 8.42 Å². The molecule has 1 fully saturated rings. The predicted molar refractivity (Wildman–Crippen MR) is 109 cm³/mol. The molecule has 8 heteroatoms. The zero-order valence-electron chi connectivity index (χ0n) is 15.7. The summed E-state index contributed by atoms with van der Waals surface area (Å²) >= 11 is 6.15. The van der Waals surface area contributed by atoms with Crippen molar-refractivity contribution in [2.45, 2.75) is 31.1 Å². The Labute approximate surface area is 170 Å². The molecule has 2 aromatic rings. The van der Waals surface area contributed by atoms with Crippen molar-refractivity contribution in [3.8, 4) is 5.75 Å². The molecule has 0 spiro atoms. The quantitative estimate of drug-likeness (QED) is 0.767. The second kappa shape index (κ2) is 8.94. The molecule has 0 radical (unpaired) electrons. The Morgan fingerprint density at radius 1 is 1.14 bits per heavy atom. The lowest BCUT2D eigenvalue weighted by atomic mass is 10.2. The van der Waals surface area contributed by atoms with Crippen LogP contribution in [0.4, 0.5) is 5.69 Å². The van der Waals surface area contributed by atoms with Crippen LogP contribution in [0.2, 0.25) is 5.02 Å². The van der Waals surface area contributed by atoms with Crippen molar-refractivity contribution < 1.29 is 17.9 Å². The van der Waals surface area contributed by atoms with Crippen LogP contribution in [0.1, 0.15) is 24.8 Å². The number of para-hydroxylation sites is 1. The predicted octanol–water partition coefficient (Wildman–Crippen LogP) is 3.84. The summed E-state index contributed by atoms with van der Waals surface area (Å²) in [6.07, 6.45) is 2.74. The van der Waals surface area contributed by atoms with Crippen LogP contribution < -0.4 is 10.1 Å². The van der Waals surface area contributed by atoms with Crippen molar-refractivity contribution in [3.05, 3.63) is 53.1 Å². The summed E-state index contributed by atoms with van der Waals surface area (Å²) in [7, 11) is -3.61. The number of carbonyl (C=O) groups excluding carboxylic acids is 1. The summed E-state index contributed by atoms with van der Waals surface area (Å²) in [5.74, 6) is 0.197. The van der Waals surface area contributed by atoms with Crippen molar-refractivity contribution >= 4 is 33.2 Å². The molecule has 0 aromatic heterocycles. The summed E-state index contributed by atoms with van der Waals surface area (Å²) in [5, 5.41) is 2.90. The van der Waals surface area contributed by atoms with Crippen LogP contribution in [0.25, 0.3) is 0 Å². The van der Waals surface area contributed by atoms with E-state index in [4.69, 9.17) is 16.3 Å². The molecule has 6 nitrogen and oxygen atoms in total. The fraction of sp³-hybridized carbons (Fsp3) is 0.350. The van der Waals surface area contributed by atoms with Crippen molar-refractivity contribution in [3.63, 3.8) is 0 Å². The highest BCUT2D eigenvalue weighted by molar-refractivity contribution is 7.89. The second-order valence-electron chi connectivity index (χ2n) is 6.71. The number of hydrogen-bond acceptors (Lipinski definition) is 4. The Morgan fingerprint density at radius 2 is 1.86 bits per heavy atom. The number of benzene rings is 2. The lowest BCUT2D eigenvalue weighted by Gasteiger charge is -2.26. The summed E-state index contributed by atoms with van der Waals surface area (Å²) in [6.45, 7) is 2.71. The summed E-state index contributed by atoms with van der Waals surface area (Å²) in [6, 6.07) is 11.7. The van der Waals surface area contributed by atoms with Gasteiger partial charge in [-0.1, -0.05) is 36.2 Å². The Bertz CT molecular complexity index is 956. The van der Waals surface area contributed by atoms with E-state index in [1.54, 1.807) is 6.07 Å². The molecule has 3 rings (SSSR count). The number of aryl methyl sites for hydroxylation is 1. The van der Waals surface area contributed by atoms with E-state index in [9.17, 15) is 13.2 Å². The molecule has 1 amide bonds. The van der Waals surface area contributed by atoms with Crippen LogP contribution in [0.5, 0.6) is 5.75 Å². The topological polar surface area (TPSA) is 75.7 Å². The highest BCUT2D eigenvalue weighted by Crippen LogP contribution is 2.28. The molecule has 0 atom stereocenters. The largest absolute Gasteiger partial charge is 0.483 e. The molecular weight excluding hydrogens is 400 g/mol. The molecular formula is C20H23ClN2O4S. The molecule has 2 aromatic carbocycles. The van der Waals surface area contributed by atoms with Crippen LogP contribution >= 0.6 is 11.6 Å². The normalized spacial score (nSPS) is 15.2. The zero-order valence-corrected chi connectivity index (χ0v) is 17.2. The average Bonchev–Trinajstić information content (AvgIpc) is 2.69. The number of carbonyl (C=O) groups is 1. The minimum atomic E-state index is -3.61. The smallest absolute Gasteiger partial charge is 0.262 e. The van der Waals surface area contributed by atoms with Gasteiger partial charge in [0.15, 0.2) is 6.61 Å². The fourth-order valence-corrected chi connectivity index (χ4v) is 4.77. The molecule has 150 valence electrons. The number of nitrogens with one attached hydrogen (secondary N) is 1. The van der Waals surface area contributed by atoms with Gasteiger partial charge in [0.05, 0.1) is 15.6 Å². The van der Waals surface area contributed by atoms with E-state index in [1.165, 1.54) is 22.5 Å². The third-order valence-corrected chi connectivity index (χ3v) is 6.84. The number of amides is 1. The van der Waals surface area contributed by atoms with E-state index in [-0.39, 0.29) is 22.2 Å². The highest BCUT2D eigenvalue weighted by Gasteiger charge is 2.26. The van der Waals surface area contributed by atoms with Crippen molar-refractivity contribution in [2.75, 3.05) is 25.0 Å². The second-order valence-corrected chi connectivity index (χ2v) is 9.05. The number of rotatable bonds is 6. The van der Waals surface area contributed by atoms with E-state index < -0.39 is 15.9 Å². The maximum Gasteiger partial charge on any atom is 0.262 e. The van der Waals surface area contributed by atoms with Gasteiger partial charge in [0.2, 0.25) is 10.0 Å². The molecule has 1 N–H and O–H groups in total. The Hall–Kier alpha value is -2.09. The minimum Gasteiger partial charge on any atom is -0.483 e. The summed E-state index contributed by atoms with van der Waals surface area (Å²) in [5.41, 5.74) is 1.17. The van der Waals surface area contributed by atoms with E-state index in [1.807, 2.05) is 25.1 Å². The van der Waals surface area contributed by atoms with Gasteiger partial charge in [0.1, 0.15) is 5.75 Å². The molecule has 28 heavy (non-hydrogen) atoms. The van der Waals surface area contributed by atoms with E-state index >= 15 is 0 Å². The molecule has 0 saturated carbocycles. The van der Waals surface area contributed by atoms with Crippen LogP contribution in [0.3, 0.4) is 0 Å². The number of piperidine rings is 1. The van der Waals surface area contributed by atoms with Gasteiger partial charge >= 0.3 is 0 Å². The van der Waals surface area contributed by atoms with E-state index in [0.29, 0.717) is 18.8 Å². The van der Waals surface area contributed by atoms with Gasteiger partial charge in [-0.2, -0.15) is 4.31 Å². The lowest BCUT2D eigenvalue weighted by molar-refractivity contribution is -0.118. The Morgan fingerprint density at radius 3 is 2.57 bits per heavy atom. The number of hydrogen-bond donors (Lipinski definition) is 1. The number of halogens is 1.